The molecule has 3 heterocycles. The number of hydrogen-bond acceptors (Lipinski definition) is 12. The van der Waals surface area contributed by atoms with E-state index in [1.165, 1.54) is 42.1 Å². The number of carbonyl (C=O) groups excluding carboxylic acids is 2. The van der Waals surface area contributed by atoms with E-state index in [-0.39, 0.29) is 29.0 Å². The van der Waals surface area contributed by atoms with Crippen molar-refractivity contribution >= 4 is 39.2 Å². The van der Waals surface area contributed by atoms with Crippen LogP contribution in [0, 0.1) is 0 Å². The van der Waals surface area contributed by atoms with Gasteiger partial charge in [0.15, 0.2) is 30.0 Å². The number of phenols is 1. The molecule has 1 aromatic carbocycles. The van der Waals surface area contributed by atoms with E-state index in [4.69, 9.17) is 19.4 Å². The first-order valence-corrected chi connectivity index (χ1v) is 11.9. The van der Waals surface area contributed by atoms with E-state index < -0.39 is 59.1 Å². The molecule has 3 aromatic rings. The summed E-state index contributed by atoms with van der Waals surface area (Å²) in [5.41, 5.74) is 5.77. The Bertz CT molecular complexity index is 1400. The Kier molecular flexibility index (Phi) is 7.00. The van der Waals surface area contributed by atoms with E-state index in [2.05, 4.69) is 15.0 Å². The van der Waals surface area contributed by atoms with Gasteiger partial charge in [-0.25, -0.2) is 24.1 Å². The number of aromatic hydroxyl groups is 1. The van der Waals surface area contributed by atoms with E-state index >= 15 is 4.39 Å². The molecule has 1 aliphatic rings. The van der Waals surface area contributed by atoms with Gasteiger partial charge >= 0.3 is 16.3 Å². The molecule has 4 N–H and O–H groups in total. The lowest BCUT2D eigenvalue weighted by Crippen LogP contribution is -2.39. The van der Waals surface area contributed by atoms with Crippen LogP contribution in [0.5, 0.6) is 5.75 Å². The molecule has 2 aromatic heterocycles. The van der Waals surface area contributed by atoms with Crippen LogP contribution in [0.1, 0.15) is 29.9 Å². The van der Waals surface area contributed by atoms with Crippen molar-refractivity contribution in [3.63, 3.8) is 0 Å². The molecule has 0 spiro atoms. The third kappa shape index (κ3) is 5.05. The highest BCUT2D eigenvalue weighted by molar-refractivity contribution is 7.85. The molecule has 1 amide bonds. The maximum atomic E-state index is 15.5. The fourth-order valence-electron chi connectivity index (χ4n) is 3.50. The number of rotatable bonds is 8. The Hall–Kier alpha value is -3.89. The Morgan fingerprint density at radius 2 is 2.03 bits per heavy atom. The molecule has 16 heteroatoms. The summed E-state index contributed by atoms with van der Waals surface area (Å²) in [5, 5.41) is 9.73. The summed E-state index contributed by atoms with van der Waals surface area (Å²) in [6, 6.07) is 5.26. The molecular weight excluding hydrogens is 503 g/mol. The van der Waals surface area contributed by atoms with Gasteiger partial charge in [0.25, 0.3) is 5.91 Å². The van der Waals surface area contributed by atoms with Gasteiger partial charge in [-0.2, -0.15) is 8.42 Å². The van der Waals surface area contributed by atoms with E-state index in [1.54, 1.807) is 4.72 Å². The molecule has 0 aliphatic carbocycles. The second kappa shape index (κ2) is 10.00. The molecule has 1 fully saturated rings. The van der Waals surface area contributed by atoms with Crippen molar-refractivity contribution in [2.24, 2.45) is 0 Å². The summed E-state index contributed by atoms with van der Waals surface area (Å²) in [6.45, 7) is 0.683. The standard InChI is InChI=1S/C20H21FN6O8S/c1-2-13(29)35-16-12(7-33-36(31,32)26-19(30)10-5-3-4-6-11(10)28)34-20(14(16)21)27-9-25-15-17(22)23-8-24-18(15)27/h3-6,8-9,12,14,16,20,28H,2,7H2,1H3,(H,26,30)(H2,22,23,24)/t12-,14-,16-,20-/m1/s1. The first-order valence-electron chi connectivity index (χ1n) is 10.5. The molecule has 0 radical (unpaired) electrons. The number of para-hydroxylation sites is 1. The topological polar surface area (TPSA) is 198 Å². The summed E-state index contributed by atoms with van der Waals surface area (Å²) in [6.07, 6.45) is -4.07. The maximum Gasteiger partial charge on any atom is 0.362 e. The SMILES string of the molecule is CCC(=O)O[C@H]1[C@@H](F)[C@H](n2cnc3c(N)ncnc32)O[C@@H]1COS(=O)(=O)NC(=O)c1ccccc1O. The number of fused-ring (bicyclic) bond motifs is 1. The first-order chi connectivity index (χ1) is 17.1. The second-order valence-corrected chi connectivity index (χ2v) is 8.94. The fraction of sp³-hybridized carbons (Fsp3) is 0.350. The maximum absolute atomic E-state index is 15.5. The number of nitrogens with two attached hydrogens (primary N) is 1. The number of imidazole rings is 1. The summed E-state index contributed by atoms with van der Waals surface area (Å²) < 4.78 is 58.6. The molecule has 0 bridgehead atoms. The highest BCUT2D eigenvalue weighted by atomic mass is 32.2. The van der Waals surface area contributed by atoms with Gasteiger partial charge in [-0.1, -0.05) is 19.1 Å². The molecule has 4 rings (SSSR count). The second-order valence-electron chi connectivity index (χ2n) is 7.59. The molecule has 192 valence electrons. The molecule has 4 atom stereocenters. The number of anilines is 1. The molecule has 14 nitrogen and oxygen atoms in total. The number of alkyl halides is 1. The molecule has 1 saturated heterocycles. The largest absolute Gasteiger partial charge is 0.507 e. The zero-order valence-corrected chi connectivity index (χ0v) is 19.5. The number of carbonyl (C=O) groups is 2. The number of nitrogen functional groups attached to an aromatic ring is 1. The highest BCUT2D eigenvalue weighted by Crippen LogP contribution is 2.36. The van der Waals surface area contributed by atoms with Gasteiger partial charge in [0.1, 0.15) is 23.7 Å². The van der Waals surface area contributed by atoms with E-state index in [0.29, 0.717) is 0 Å². The smallest absolute Gasteiger partial charge is 0.362 e. The van der Waals surface area contributed by atoms with Crippen LogP contribution in [0.4, 0.5) is 10.2 Å². The number of hydrogen-bond donors (Lipinski definition) is 3. The Labute approximate surface area is 203 Å². The van der Waals surface area contributed by atoms with Crippen LogP contribution < -0.4 is 10.5 Å². The Morgan fingerprint density at radius 1 is 1.28 bits per heavy atom. The lowest BCUT2D eigenvalue weighted by Gasteiger charge is -2.19. The molecule has 1 aliphatic heterocycles. The normalized spacial score (nSPS) is 21.9. The predicted molar refractivity (Wildman–Crippen MR) is 119 cm³/mol. The summed E-state index contributed by atoms with van der Waals surface area (Å²) in [4.78, 5) is 36.0. The van der Waals surface area contributed by atoms with Gasteiger partial charge in [0.05, 0.1) is 18.5 Å². The van der Waals surface area contributed by atoms with Gasteiger partial charge in [-0.15, -0.1) is 0 Å². The van der Waals surface area contributed by atoms with Crippen molar-refractivity contribution < 1.29 is 41.2 Å². The number of aromatic nitrogens is 4. The summed E-state index contributed by atoms with van der Waals surface area (Å²) >= 11 is 0. The van der Waals surface area contributed by atoms with Crippen LogP contribution in [0.15, 0.2) is 36.9 Å². The van der Waals surface area contributed by atoms with Gasteiger partial charge in [-0.3, -0.25) is 18.3 Å². The number of amides is 1. The average Bonchev–Trinajstić information content (AvgIpc) is 3.40. The minimum Gasteiger partial charge on any atom is -0.507 e. The number of nitrogens with zero attached hydrogens (tertiary/aromatic N) is 4. The van der Waals surface area contributed by atoms with Gasteiger partial charge in [0, 0.05) is 6.42 Å². The minimum atomic E-state index is -4.73. The van der Waals surface area contributed by atoms with Crippen LogP contribution in [0.3, 0.4) is 0 Å². The number of benzene rings is 1. The van der Waals surface area contributed by atoms with E-state index in [0.717, 1.165) is 6.33 Å². The quantitative estimate of drug-likeness (QED) is 0.343. The van der Waals surface area contributed by atoms with Gasteiger partial charge < -0.3 is 20.3 Å². The number of phenolic OH excluding ortho intramolecular Hbond substituents is 1. The van der Waals surface area contributed by atoms with Crippen LogP contribution in [-0.4, -0.2) is 69.9 Å². The zero-order valence-electron chi connectivity index (χ0n) is 18.6. The third-order valence-corrected chi connectivity index (χ3v) is 6.12. The van der Waals surface area contributed by atoms with Crippen molar-refractivity contribution in [1.82, 2.24) is 24.2 Å². The fourth-order valence-corrected chi connectivity index (χ4v) is 4.21. The van der Waals surface area contributed by atoms with Crippen LogP contribution in [0.2, 0.25) is 0 Å². The van der Waals surface area contributed by atoms with Gasteiger partial charge in [0.2, 0.25) is 0 Å². The summed E-state index contributed by atoms with van der Waals surface area (Å²) in [5.74, 6) is -2.31. The van der Waals surface area contributed by atoms with E-state index in [9.17, 15) is 23.1 Å². The Balaban J connectivity index is 1.52. The number of esters is 1. The molecule has 36 heavy (non-hydrogen) atoms. The van der Waals surface area contributed by atoms with Crippen molar-refractivity contribution in [3.8, 4) is 5.75 Å². The molecule has 0 unspecified atom stereocenters. The number of ether oxygens (including phenoxy) is 2. The monoisotopic (exact) mass is 524 g/mol. The van der Waals surface area contributed by atoms with Crippen LogP contribution in [-0.2, 0) is 28.8 Å². The molecule has 0 saturated carbocycles. The zero-order chi connectivity index (χ0) is 26.0. The third-order valence-electron chi connectivity index (χ3n) is 5.24. The Morgan fingerprint density at radius 3 is 2.75 bits per heavy atom. The van der Waals surface area contributed by atoms with E-state index in [1.807, 2.05) is 0 Å². The van der Waals surface area contributed by atoms with Crippen molar-refractivity contribution in [2.75, 3.05) is 12.3 Å². The van der Waals surface area contributed by atoms with Crippen LogP contribution >= 0.6 is 0 Å². The van der Waals surface area contributed by atoms with Crippen molar-refractivity contribution in [3.05, 3.63) is 42.5 Å². The van der Waals surface area contributed by atoms with Crippen LogP contribution in [0.25, 0.3) is 11.2 Å². The average molecular weight is 524 g/mol. The lowest BCUT2D eigenvalue weighted by molar-refractivity contribution is -0.154. The minimum absolute atomic E-state index is 0.0484. The van der Waals surface area contributed by atoms with Gasteiger partial charge in [-0.05, 0) is 12.1 Å². The molecular formula is C20H21FN6O8S. The van der Waals surface area contributed by atoms with Crippen molar-refractivity contribution in [1.29, 1.82) is 0 Å². The summed E-state index contributed by atoms with van der Waals surface area (Å²) in [7, 11) is -4.73. The van der Waals surface area contributed by atoms with Crippen molar-refractivity contribution in [2.45, 2.75) is 38.0 Å². The number of halogens is 1. The first kappa shape index (κ1) is 25.2. The predicted octanol–water partition coefficient (Wildman–Crippen LogP) is 0.363. The lowest BCUT2D eigenvalue weighted by atomic mass is 10.1. The number of nitrogens with one attached hydrogen (secondary N) is 1. The highest BCUT2D eigenvalue weighted by Gasteiger charge is 2.49.